The lowest BCUT2D eigenvalue weighted by Crippen LogP contribution is -2.13. The van der Waals surface area contributed by atoms with Gasteiger partial charge in [0.05, 0.1) is 11.2 Å². The fourth-order valence-electron chi connectivity index (χ4n) is 2.11. The molecule has 1 heterocycles. The molecule has 0 atom stereocenters. The van der Waals surface area contributed by atoms with Gasteiger partial charge in [0.1, 0.15) is 0 Å². The fourth-order valence-corrected chi connectivity index (χ4v) is 3.21. The van der Waals surface area contributed by atoms with Crippen LogP contribution in [0.4, 0.5) is 11.4 Å². The van der Waals surface area contributed by atoms with Gasteiger partial charge in [-0.05, 0) is 48.9 Å². The van der Waals surface area contributed by atoms with E-state index >= 15 is 0 Å². The van der Waals surface area contributed by atoms with Gasteiger partial charge < -0.3 is 10.3 Å². The summed E-state index contributed by atoms with van der Waals surface area (Å²) in [4.78, 5) is 4.11. The van der Waals surface area contributed by atoms with Crippen molar-refractivity contribution in [2.24, 2.45) is 0 Å². The molecule has 3 N–H and O–H groups in total. The largest absolute Gasteiger partial charge is 0.398 e. The number of sulfonamides is 1. The number of nitrogens with two attached hydrogens (primary N) is 1. The first-order valence-corrected chi connectivity index (χ1v) is 8.41. The number of aromatic nitrogens is 2. The topological polar surface area (TPSA) is 90.0 Å². The summed E-state index contributed by atoms with van der Waals surface area (Å²) in [5.41, 5.74) is 8.45. The van der Waals surface area contributed by atoms with Crippen LogP contribution in [0.3, 0.4) is 0 Å². The maximum atomic E-state index is 12.4. The summed E-state index contributed by atoms with van der Waals surface area (Å²) in [5.74, 6) is 0. The Labute approximate surface area is 134 Å². The number of hydrogen-bond acceptors (Lipinski definition) is 4. The molecule has 7 heteroatoms. The van der Waals surface area contributed by atoms with Gasteiger partial charge >= 0.3 is 0 Å². The lowest BCUT2D eigenvalue weighted by Gasteiger charge is -2.10. The highest BCUT2D eigenvalue weighted by molar-refractivity contribution is 7.92. The molecule has 0 fully saturated rings. The van der Waals surface area contributed by atoms with Crippen LogP contribution in [-0.4, -0.2) is 18.0 Å². The summed E-state index contributed by atoms with van der Waals surface area (Å²) < 4.78 is 29.2. The predicted octanol–water partition coefficient (Wildman–Crippen LogP) is 2.56. The number of nitrogens with one attached hydrogen (secondary N) is 1. The quantitative estimate of drug-likeness (QED) is 0.720. The van der Waals surface area contributed by atoms with Crippen molar-refractivity contribution in [2.45, 2.75) is 11.8 Å². The molecule has 0 spiro atoms. The molecule has 23 heavy (non-hydrogen) atoms. The second-order valence-corrected chi connectivity index (χ2v) is 6.82. The normalized spacial score (nSPS) is 11.3. The minimum absolute atomic E-state index is 0.138. The zero-order valence-electron chi connectivity index (χ0n) is 12.5. The number of aryl methyl sites for hydroxylation is 1. The highest BCUT2D eigenvalue weighted by atomic mass is 32.2. The summed E-state index contributed by atoms with van der Waals surface area (Å²) in [7, 11) is -3.67. The van der Waals surface area contributed by atoms with Gasteiger partial charge in [-0.15, -0.1) is 0 Å². The van der Waals surface area contributed by atoms with Crippen LogP contribution >= 0.6 is 0 Å². The van der Waals surface area contributed by atoms with Crippen LogP contribution in [0.15, 0.2) is 66.1 Å². The van der Waals surface area contributed by atoms with Crippen LogP contribution in [0, 0.1) is 6.92 Å². The number of rotatable bonds is 4. The first kappa shape index (κ1) is 15.1. The average molecular weight is 328 g/mol. The summed E-state index contributed by atoms with van der Waals surface area (Å²) in [5, 5.41) is 0. The molecule has 0 saturated heterocycles. The average Bonchev–Trinajstić information content (AvgIpc) is 3.04. The first-order chi connectivity index (χ1) is 11.0. The van der Waals surface area contributed by atoms with E-state index in [1.54, 1.807) is 30.7 Å². The van der Waals surface area contributed by atoms with Gasteiger partial charge in [-0.3, -0.25) is 4.72 Å². The zero-order chi connectivity index (χ0) is 16.4. The SMILES string of the molecule is Cc1ccc(S(=O)(=O)Nc2ccc(-n3ccnc3)cc2)cc1N. The van der Waals surface area contributed by atoms with E-state index in [9.17, 15) is 8.42 Å². The van der Waals surface area contributed by atoms with Crippen LogP contribution in [0.1, 0.15) is 5.56 Å². The van der Waals surface area contributed by atoms with Crippen molar-refractivity contribution in [3.8, 4) is 5.69 Å². The molecule has 6 nitrogen and oxygen atoms in total. The molecule has 2 aromatic carbocycles. The molecule has 0 radical (unpaired) electrons. The number of hydrogen-bond donors (Lipinski definition) is 2. The Bertz CT molecular complexity index is 917. The monoisotopic (exact) mass is 328 g/mol. The second-order valence-electron chi connectivity index (χ2n) is 5.14. The van der Waals surface area contributed by atoms with Gasteiger partial charge in [-0.25, -0.2) is 13.4 Å². The van der Waals surface area contributed by atoms with Gasteiger partial charge in [-0.1, -0.05) is 6.07 Å². The maximum absolute atomic E-state index is 12.4. The van der Waals surface area contributed by atoms with E-state index in [1.807, 2.05) is 29.8 Å². The molecular weight excluding hydrogens is 312 g/mol. The summed E-state index contributed by atoms with van der Waals surface area (Å²) in [6.07, 6.45) is 5.17. The van der Waals surface area contributed by atoms with Gasteiger partial charge in [0.15, 0.2) is 0 Å². The van der Waals surface area contributed by atoms with Crippen molar-refractivity contribution in [1.29, 1.82) is 0 Å². The van der Waals surface area contributed by atoms with E-state index in [-0.39, 0.29) is 4.90 Å². The lowest BCUT2D eigenvalue weighted by atomic mass is 10.2. The molecule has 118 valence electrons. The van der Waals surface area contributed by atoms with Crippen LogP contribution in [0.2, 0.25) is 0 Å². The van der Waals surface area contributed by atoms with E-state index in [1.165, 1.54) is 12.1 Å². The summed E-state index contributed by atoms with van der Waals surface area (Å²) in [6.45, 7) is 1.83. The van der Waals surface area contributed by atoms with Gasteiger partial charge in [-0.2, -0.15) is 0 Å². The van der Waals surface area contributed by atoms with Crippen molar-refractivity contribution < 1.29 is 8.42 Å². The number of benzene rings is 2. The number of nitrogens with zero attached hydrogens (tertiary/aromatic N) is 2. The van der Waals surface area contributed by atoms with Crippen LogP contribution in [0.25, 0.3) is 5.69 Å². The maximum Gasteiger partial charge on any atom is 0.261 e. The smallest absolute Gasteiger partial charge is 0.261 e. The Balaban J connectivity index is 1.84. The third-order valence-electron chi connectivity index (χ3n) is 3.48. The molecular formula is C16H16N4O2S. The number of nitrogen functional groups attached to an aromatic ring is 1. The van der Waals surface area contributed by atoms with E-state index in [0.717, 1.165) is 11.3 Å². The third-order valence-corrected chi connectivity index (χ3v) is 4.86. The minimum atomic E-state index is -3.67. The standard InChI is InChI=1S/C16H16N4O2S/c1-12-2-7-15(10-16(12)17)23(21,22)19-13-3-5-14(6-4-13)20-9-8-18-11-20/h2-11,19H,17H2,1H3. The highest BCUT2D eigenvalue weighted by Gasteiger charge is 2.15. The Hall–Kier alpha value is -2.80. The van der Waals surface area contributed by atoms with Gasteiger partial charge in [0.2, 0.25) is 0 Å². The fraction of sp³-hybridized carbons (Fsp3) is 0.0625. The van der Waals surface area contributed by atoms with Crippen molar-refractivity contribution in [1.82, 2.24) is 9.55 Å². The molecule has 0 bridgehead atoms. The van der Waals surface area contributed by atoms with E-state index in [2.05, 4.69) is 9.71 Å². The van der Waals surface area contributed by atoms with Crippen molar-refractivity contribution >= 4 is 21.4 Å². The predicted molar refractivity (Wildman–Crippen MR) is 90.0 cm³/mol. The minimum Gasteiger partial charge on any atom is -0.398 e. The van der Waals surface area contributed by atoms with Crippen LogP contribution in [-0.2, 0) is 10.0 Å². The lowest BCUT2D eigenvalue weighted by molar-refractivity contribution is 0.601. The molecule has 3 aromatic rings. The molecule has 0 aliphatic rings. The van der Waals surface area contributed by atoms with Crippen molar-refractivity contribution in [3.63, 3.8) is 0 Å². The summed E-state index contributed by atoms with van der Waals surface area (Å²) >= 11 is 0. The third kappa shape index (κ3) is 3.19. The van der Waals surface area contributed by atoms with Crippen molar-refractivity contribution in [3.05, 3.63) is 66.7 Å². The Morgan fingerprint density at radius 1 is 1.13 bits per heavy atom. The molecule has 0 saturated carbocycles. The van der Waals surface area contributed by atoms with E-state index < -0.39 is 10.0 Å². The summed E-state index contributed by atoms with van der Waals surface area (Å²) in [6, 6.07) is 11.7. The molecule has 0 aliphatic carbocycles. The van der Waals surface area contributed by atoms with Gasteiger partial charge in [0, 0.05) is 29.5 Å². The van der Waals surface area contributed by atoms with Crippen LogP contribution < -0.4 is 10.5 Å². The molecule has 0 amide bonds. The molecule has 0 aliphatic heterocycles. The number of anilines is 2. The Morgan fingerprint density at radius 3 is 2.48 bits per heavy atom. The van der Waals surface area contributed by atoms with E-state index in [0.29, 0.717) is 11.4 Å². The second kappa shape index (κ2) is 5.77. The zero-order valence-corrected chi connectivity index (χ0v) is 13.3. The molecule has 1 aromatic heterocycles. The van der Waals surface area contributed by atoms with Crippen LogP contribution in [0.5, 0.6) is 0 Å². The molecule has 3 rings (SSSR count). The van der Waals surface area contributed by atoms with E-state index in [4.69, 9.17) is 5.73 Å². The first-order valence-electron chi connectivity index (χ1n) is 6.93. The van der Waals surface area contributed by atoms with Gasteiger partial charge in [0.25, 0.3) is 10.0 Å². The number of imidazole rings is 1. The Morgan fingerprint density at radius 2 is 1.87 bits per heavy atom. The van der Waals surface area contributed by atoms with Crippen molar-refractivity contribution in [2.75, 3.05) is 10.5 Å². The molecule has 0 unspecified atom stereocenters. The highest BCUT2D eigenvalue weighted by Crippen LogP contribution is 2.21. The Kier molecular flexibility index (Phi) is 3.79.